The highest BCUT2D eigenvalue weighted by Gasteiger charge is 2.23. The molecule has 0 spiro atoms. The van der Waals surface area contributed by atoms with E-state index in [2.05, 4.69) is 41.2 Å². The maximum Gasteiger partial charge on any atom is 0.329 e. The summed E-state index contributed by atoms with van der Waals surface area (Å²) in [4.78, 5) is 47.8. The summed E-state index contributed by atoms with van der Waals surface area (Å²) in [5.74, 6) is -2.06. The summed E-state index contributed by atoms with van der Waals surface area (Å²) >= 11 is 8.05. The summed E-state index contributed by atoms with van der Waals surface area (Å²) in [5.41, 5.74) is 0.404. The molecular formula is C17H23N3O5S2. The van der Waals surface area contributed by atoms with Crippen LogP contribution in [-0.4, -0.2) is 60.4 Å². The highest BCUT2D eigenvalue weighted by molar-refractivity contribution is 7.80. The third-order valence-electron chi connectivity index (χ3n) is 3.35. The van der Waals surface area contributed by atoms with Gasteiger partial charge in [-0.3, -0.25) is 14.4 Å². The Morgan fingerprint density at radius 3 is 2.19 bits per heavy atom. The fourth-order valence-corrected chi connectivity index (χ4v) is 2.48. The zero-order valence-electron chi connectivity index (χ0n) is 14.8. The van der Waals surface area contributed by atoms with Gasteiger partial charge in [0.2, 0.25) is 11.8 Å². The molecule has 0 unspecified atom stereocenters. The number of hydrogen-bond donors (Lipinski definition) is 5. The fourth-order valence-electron chi connectivity index (χ4n) is 1.98. The van der Waals surface area contributed by atoms with Crippen molar-refractivity contribution in [2.24, 2.45) is 0 Å². The predicted octanol–water partition coefficient (Wildman–Crippen LogP) is -0.191. The Labute approximate surface area is 168 Å². The van der Waals surface area contributed by atoms with Gasteiger partial charge in [-0.05, 0) is 19.1 Å². The van der Waals surface area contributed by atoms with Gasteiger partial charge in [-0.15, -0.1) is 0 Å². The molecule has 10 heteroatoms. The Bertz CT molecular complexity index is 657. The number of benzene rings is 1. The molecule has 0 aliphatic rings. The lowest BCUT2D eigenvalue weighted by Gasteiger charge is -2.18. The summed E-state index contributed by atoms with van der Waals surface area (Å²) in [6, 6.07) is 6.59. The molecule has 27 heavy (non-hydrogen) atoms. The molecule has 0 saturated carbocycles. The summed E-state index contributed by atoms with van der Waals surface area (Å²) in [5, 5.41) is 7.37. The number of carbonyl (C=O) groups excluding carboxylic acids is 4. The number of nitrogens with one attached hydrogen (secondary N) is 3. The van der Waals surface area contributed by atoms with Crippen LogP contribution < -0.4 is 16.0 Å². The molecule has 3 N–H and O–H groups in total. The summed E-state index contributed by atoms with van der Waals surface area (Å²) in [7, 11) is 0. The van der Waals surface area contributed by atoms with Gasteiger partial charge < -0.3 is 20.7 Å². The van der Waals surface area contributed by atoms with E-state index in [0.29, 0.717) is 5.56 Å². The van der Waals surface area contributed by atoms with Crippen LogP contribution in [0, 0.1) is 0 Å². The van der Waals surface area contributed by atoms with E-state index in [9.17, 15) is 19.2 Å². The molecule has 1 aromatic rings. The maximum atomic E-state index is 12.2. The largest absolute Gasteiger partial charge is 0.464 e. The maximum absolute atomic E-state index is 12.2. The quantitative estimate of drug-likeness (QED) is 0.270. The van der Waals surface area contributed by atoms with Crippen molar-refractivity contribution < 1.29 is 23.9 Å². The Morgan fingerprint density at radius 1 is 1.00 bits per heavy atom. The molecule has 0 aliphatic carbocycles. The topological polar surface area (TPSA) is 114 Å². The molecule has 1 aromatic carbocycles. The normalized spacial score (nSPS) is 12.4. The highest BCUT2D eigenvalue weighted by Crippen LogP contribution is 2.00. The van der Waals surface area contributed by atoms with Crippen LogP contribution in [0.2, 0.25) is 0 Å². The van der Waals surface area contributed by atoms with E-state index in [-0.39, 0.29) is 24.7 Å². The van der Waals surface area contributed by atoms with Crippen molar-refractivity contribution in [1.29, 1.82) is 0 Å². The van der Waals surface area contributed by atoms with Crippen molar-refractivity contribution >= 4 is 48.9 Å². The first-order valence-corrected chi connectivity index (χ1v) is 9.50. The van der Waals surface area contributed by atoms with Crippen LogP contribution in [0.1, 0.15) is 17.3 Å². The molecule has 2 atom stereocenters. The van der Waals surface area contributed by atoms with Crippen molar-refractivity contribution in [3.63, 3.8) is 0 Å². The second kappa shape index (κ2) is 12.2. The van der Waals surface area contributed by atoms with E-state index in [0.717, 1.165) is 0 Å². The molecule has 148 valence electrons. The third-order valence-corrected chi connectivity index (χ3v) is 4.08. The third kappa shape index (κ3) is 7.92. The smallest absolute Gasteiger partial charge is 0.329 e. The second-order valence-electron chi connectivity index (χ2n) is 5.35. The average Bonchev–Trinajstić information content (AvgIpc) is 2.68. The summed E-state index contributed by atoms with van der Waals surface area (Å²) in [6.45, 7) is 1.46. The highest BCUT2D eigenvalue weighted by atomic mass is 32.1. The zero-order chi connectivity index (χ0) is 20.2. The Morgan fingerprint density at radius 2 is 1.63 bits per heavy atom. The lowest BCUT2D eigenvalue weighted by molar-refractivity contribution is -0.146. The molecule has 0 saturated heterocycles. The van der Waals surface area contributed by atoms with Gasteiger partial charge in [-0.25, -0.2) is 4.79 Å². The monoisotopic (exact) mass is 413 g/mol. The second-order valence-corrected chi connectivity index (χ2v) is 6.08. The molecule has 1 rings (SSSR count). The van der Waals surface area contributed by atoms with E-state index in [1.165, 1.54) is 0 Å². The molecule has 0 aromatic heterocycles. The van der Waals surface area contributed by atoms with Gasteiger partial charge >= 0.3 is 5.97 Å². The Hall–Kier alpha value is -2.20. The van der Waals surface area contributed by atoms with Gasteiger partial charge in [-0.2, -0.15) is 25.3 Å². The van der Waals surface area contributed by atoms with Gasteiger partial charge in [0.1, 0.15) is 12.1 Å². The van der Waals surface area contributed by atoms with E-state index in [1.807, 2.05) is 0 Å². The first kappa shape index (κ1) is 22.8. The van der Waals surface area contributed by atoms with Crippen LogP contribution in [-0.2, 0) is 19.1 Å². The number of esters is 1. The van der Waals surface area contributed by atoms with Crippen molar-refractivity contribution in [3.8, 4) is 0 Å². The van der Waals surface area contributed by atoms with Crippen LogP contribution in [0.3, 0.4) is 0 Å². The average molecular weight is 414 g/mol. The minimum absolute atomic E-state index is 0.0497. The van der Waals surface area contributed by atoms with Gasteiger partial charge in [0.05, 0.1) is 13.2 Å². The van der Waals surface area contributed by atoms with E-state index in [4.69, 9.17) is 4.74 Å². The number of rotatable bonds is 10. The van der Waals surface area contributed by atoms with Gasteiger partial charge in [0, 0.05) is 17.1 Å². The number of thiol groups is 2. The Balaban J connectivity index is 2.51. The van der Waals surface area contributed by atoms with Crippen LogP contribution in [0.5, 0.6) is 0 Å². The van der Waals surface area contributed by atoms with Crippen molar-refractivity contribution in [2.45, 2.75) is 19.0 Å². The minimum atomic E-state index is -0.917. The molecular weight excluding hydrogens is 390 g/mol. The SMILES string of the molecule is CCOC(=O)[C@H](CS)NC(=O)CNC(=O)[C@H](CS)NC(=O)c1ccccc1. The number of amides is 3. The standard InChI is InChI=1S/C17H23N3O5S2/c1-2-25-17(24)13(10-27)19-14(21)8-18-16(23)12(9-26)20-15(22)11-6-4-3-5-7-11/h3-7,12-13,26-27H,2,8-10H2,1H3,(H,18,23)(H,19,21)(H,20,22)/t12-,13-/m0/s1. The molecule has 8 nitrogen and oxygen atoms in total. The molecule has 0 bridgehead atoms. The Kier molecular flexibility index (Phi) is 10.3. The van der Waals surface area contributed by atoms with Crippen LogP contribution in [0.15, 0.2) is 30.3 Å². The van der Waals surface area contributed by atoms with Crippen molar-refractivity contribution in [2.75, 3.05) is 24.7 Å². The first-order chi connectivity index (χ1) is 12.9. The van der Waals surface area contributed by atoms with Crippen LogP contribution >= 0.6 is 25.3 Å². The predicted molar refractivity (Wildman–Crippen MR) is 107 cm³/mol. The van der Waals surface area contributed by atoms with Crippen LogP contribution in [0.4, 0.5) is 0 Å². The number of hydrogen-bond acceptors (Lipinski definition) is 7. The van der Waals surface area contributed by atoms with Crippen molar-refractivity contribution in [3.05, 3.63) is 35.9 Å². The lowest BCUT2D eigenvalue weighted by Crippen LogP contribution is -2.52. The van der Waals surface area contributed by atoms with Crippen molar-refractivity contribution in [1.82, 2.24) is 16.0 Å². The number of carbonyl (C=O) groups is 4. The van der Waals surface area contributed by atoms with Gasteiger partial charge in [0.25, 0.3) is 5.91 Å². The molecule has 0 aliphatic heterocycles. The van der Waals surface area contributed by atoms with Gasteiger partial charge in [0.15, 0.2) is 0 Å². The fraction of sp³-hybridized carbons (Fsp3) is 0.412. The lowest BCUT2D eigenvalue weighted by atomic mass is 10.2. The van der Waals surface area contributed by atoms with Crippen LogP contribution in [0.25, 0.3) is 0 Å². The summed E-state index contributed by atoms with van der Waals surface area (Å²) < 4.78 is 4.82. The van der Waals surface area contributed by atoms with E-state index in [1.54, 1.807) is 37.3 Å². The molecule has 0 fully saturated rings. The zero-order valence-corrected chi connectivity index (χ0v) is 16.6. The molecule has 3 amide bonds. The minimum Gasteiger partial charge on any atom is -0.464 e. The molecule has 0 radical (unpaired) electrons. The number of ether oxygens (including phenoxy) is 1. The first-order valence-electron chi connectivity index (χ1n) is 8.24. The summed E-state index contributed by atoms with van der Waals surface area (Å²) in [6.07, 6.45) is 0. The van der Waals surface area contributed by atoms with E-state index >= 15 is 0 Å². The van der Waals surface area contributed by atoms with E-state index < -0.39 is 35.8 Å². The van der Waals surface area contributed by atoms with Gasteiger partial charge in [-0.1, -0.05) is 18.2 Å². The molecule has 0 heterocycles.